The van der Waals surface area contributed by atoms with Gasteiger partial charge in [-0.25, -0.2) is 0 Å². The fraction of sp³-hybridized carbons (Fsp3) is 0.286. The largest absolute Gasteiger partial charge is 0.378 e. The molecule has 0 fully saturated rings. The Labute approximate surface area is 162 Å². The van der Waals surface area contributed by atoms with E-state index in [1.54, 1.807) is 7.11 Å². The van der Waals surface area contributed by atoms with Gasteiger partial charge in [0, 0.05) is 23.2 Å². The van der Waals surface area contributed by atoms with Crippen molar-refractivity contribution in [2.24, 2.45) is 0 Å². The van der Waals surface area contributed by atoms with Crippen LogP contribution < -0.4 is 5.32 Å². The van der Waals surface area contributed by atoms with E-state index >= 15 is 0 Å². The molecular formula is C21H23BrN2O2. The van der Waals surface area contributed by atoms with Crippen molar-refractivity contribution in [3.8, 4) is 11.3 Å². The predicted molar refractivity (Wildman–Crippen MR) is 108 cm³/mol. The summed E-state index contributed by atoms with van der Waals surface area (Å²) in [5, 5.41) is 7.70. The minimum Gasteiger partial charge on any atom is -0.378 e. The maximum Gasteiger partial charge on any atom is 0.190 e. The summed E-state index contributed by atoms with van der Waals surface area (Å²) in [4.78, 5) is 0. The summed E-state index contributed by atoms with van der Waals surface area (Å²) in [7, 11) is 1.75. The SMILES string of the molecule is COC(CC(C)Nc1c(C)noc1-c1ccc(Br)cc1)c1ccccc1. The lowest BCUT2D eigenvalue weighted by molar-refractivity contribution is 0.0924. The fourth-order valence-corrected chi connectivity index (χ4v) is 3.26. The molecule has 0 aliphatic carbocycles. The Balaban J connectivity index is 1.76. The molecule has 0 aliphatic heterocycles. The van der Waals surface area contributed by atoms with Crippen molar-refractivity contribution in [3.63, 3.8) is 0 Å². The number of nitrogens with one attached hydrogen (secondary N) is 1. The molecule has 0 spiro atoms. The summed E-state index contributed by atoms with van der Waals surface area (Å²) in [6, 6.07) is 18.5. The van der Waals surface area contributed by atoms with E-state index < -0.39 is 0 Å². The van der Waals surface area contributed by atoms with Gasteiger partial charge < -0.3 is 14.6 Å². The standard InChI is InChI=1S/C21H23BrN2O2/c1-14(13-19(25-3)16-7-5-4-6-8-16)23-20-15(2)24-26-21(20)17-9-11-18(22)12-10-17/h4-12,14,19,23H,13H2,1-3H3. The van der Waals surface area contributed by atoms with E-state index in [0.717, 1.165) is 33.6 Å². The molecule has 0 bridgehead atoms. The number of hydrogen-bond donors (Lipinski definition) is 1. The van der Waals surface area contributed by atoms with E-state index in [0.29, 0.717) is 0 Å². The van der Waals surface area contributed by atoms with E-state index in [1.807, 2.05) is 49.4 Å². The van der Waals surface area contributed by atoms with Crippen molar-refractivity contribution in [2.45, 2.75) is 32.4 Å². The van der Waals surface area contributed by atoms with Crippen molar-refractivity contribution in [3.05, 3.63) is 70.3 Å². The van der Waals surface area contributed by atoms with E-state index in [2.05, 4.69) is 45.5 Å². The van der Waals surface area contributed by atoms with Gasteiger partial charge in [-0.1, -0.05) is 51.4 Å². The minimum absolute atomic E-state index is 0.0370. The molecule has 2 atom stereocenters. The third-order valence-electron chi connectivity index (χ3n) is 4.38. The van der Waals surface area contributed by atoms with E-state index in [1.165, 1.54) is 5.56 Å². The second kappa shape index (κ2) is 8.52. The minimum atomic E-state index is 0.0370. The van der Waals surface area contributed by atoms with Crippen molar-refractivity contribution >= 4 is 21.6 Å². The van der Waals surface area contributed by atoms with Gasteiger partial charge in [0.05, 0.1) is 6.10 Å². The summed E-state index contributed by atoms with van der Waals surface area (Å²) in [6.07, 6.45) is 0.875. The molecule has 2 unspecified atom stereocenters. The molecule has 2 aromatic carbocycles. The van der Waals surface area contributed by atoms with Crippen molar-refractivity contribution in [2.75, 3.05) is 12.4 Å². The molecule has 0 amide bonds. The molecule has 1 N–H and O–H groups in total. The number of rotatable bonds is 7. The molecule has 1 heterocycles. The summed E-state index contributed by atoms with van der Waals surface area (Å²) in [6.45, 7) is 4.10. The topological polar surface area (TPSA) is 47.3 Å². The fourth-order valence-electron chi connectivity index (χ4n) is 3.00. The lowest BCUT2D eigenvalue weighted by Crippen LogP contribution is -2.20. The predicted octanol–water partition coefficient (Wildman–Crippen LogP) is 5.99. The molecule has 0 saturated carbocycles. The Hall–Kier alpha value is -2.11. The first-order valence-corrected chi connectivity index (χ1v) is 9.44. The highest BCUT2D eigenvalue weighted by molar-refractivity contribution is 9.10. The van der Waals surface area contributed by atoms with Gasteiger partial charge in [-0.3, -0.25) is 0 Å². The lowest BCUT2D eigenvalue weighted by atomic mass is 10.0. The second-order valence-electron chi connectivity index (χ2n) is 6.40. The maximum absolute atomic E-state index is 5.70. The van der Waals surface area contributed by atoms with Crippen LogP contribution in [0.3, 0.4) is 0 Å². The lowest BCUT2D eigenvalue weighted by Gasteiger charge is -2.22. The Morgan fingerprint density at radius 3 is 2.46 bits per heavy atom. The molecule has 5 heteroatoms. The number of halogens is 1. The molecule has 1 aromatic heterocycles. The van der Waals surface area contributed by atoms with E-state index in [4.69, 9.17) is 9.26 Å². The highest BCUT2D eigenvalue weighted by atomic mass is 79.9. The zero-order chi connectivity index (χ0) is 18.5. The van der Waals surface area contributed by atoms with E-state index in [-0.39, 0.29) is 12.1 Å². The normalized spacial score (nSPS) is 13.4. The Kier molecular flexibility index (Phi) is 6.12. The van der Waals surface area contributed by atoms with Crippen LogP contribution in [0.25, 0.3) is 11.3 Å². The molecular weight excluding hydrogens is 392 g/mol. The average Bonchev–Trinajstić information content (AvgIpc) is 3.01. The number of methoxy groups -OCH3 is 1. The number of aromatic nitrogens is 1. The van der Waals surface area contributed by atoms with Gasteiger partial charge in [0.2, 0.25) is 0 Å². The maximum atomic E-state index is 5.70. The molecule has 4 nitrogen and oxygen atoms in total. The van der Waals surface area contributed by atoms with Crippen LogP contribution in [0, 0.1) is 6.92 Å². The van der Waals surface area contributed by atoms with Gasteiger partial charge >= 0.3 is 0 Å². The van der Waals surface area contributed by atoms with Crippen molar-refractivity contribution < 1.29 is 9.26 Å². The summed E-state index contributed by atoms with van der Waals surface area (Å²) >= 11 is 3.46. The van der Waals surface area contributed by atoms with E-state index in [9.17, 15) is 0 Å². The third kappa shape index (κ3) is 4.34. The van der Waals surface area contributed by atoms with Gasteiger partial charge in [-0.2, -0.15) is 0 Å². The van der Waals surface area contributed by atoms with Gasteiger partial charge in [0.15, 0.2) is 5.76 Å². The second-order valence-corrected chi connectivity index (χ2v) is 7.31. The number of nitrogens with zero attached hydrogens (tertiary/aromatic N) is 1. The number of anilines is 1. The number of benzene rings is 2. The Morgan fingerprint density at radius 1 is 1.12 bits per heavy atom. The molecule has 3 rings (SSSR count). The van der Waals surface area contributed by atoms with Crippen LogP contribution in [0.5, 0.6) is 0 Å². The molecule has 136 valence electrons. The van der Waals surface area contributed by atoms with Gasteiger partial charge in [0.1, 0.15) is 11.4 Å². The summed E-state index contributed by atoms with van der Waals surface area (Å²) in [5.41, 5.74) is 3.96. The van der Waals surface area contributed by atoms with Crippen molar-refractivity contribution in [1.29, 1.82) is 0 Å². The monoisotopic (exact) mass is 414 g/mol. The third-order valence-corrected chi connectivity index (χ3v) is 4.91. The molecule has 0 aliphatic rings. The Morgan fingerprint density at radius 2 is 1.81 bits per heavy atom. The zero-order valence-corrected chi connectivity index (χ0v) is 16.8. The summed E-state index contributed by atoms with van der Waals surface area (Å²) < 4.78 is 12.3. The van der Waals surface area contributed by atoms with Crippen LogP contribution in [0.1, 0.15) is 30.7 Å². The smallest absolute Gasteiger partial charge is 0.190 e. The van der Waals surface area contributed by atoms with Gasteiger partial charge in [0.25, 0.3) is 0 Å². The number of aryl methyl sites for hydroxylation is 1. The van der Waals surface area contributed by atoms with Crippen LogP contribution in [-0.2, 0) is 4.74 Å². The average molecular weight is 415 g/mol. The van der Waals surface area contributed by atoms with Crippen LogP contribution >= 0.6 is 15.9 Å². The number of hydrogen-bond acceptors (Lipinski definition) is 4. The first-order chi connectivity index (χ1) is 12.6. The highest BCUT2D eigenvalue weighted by Gasteiger charge is 2.20. The number of ether oxygens (including phenoxy) is 1. The van der Waals surface area contributed by atoms with Crippen molar-refractivity contribution in [1.82, 2.24) is 5.16 Å². The zero-order valence-electron chi connectivity index (χ0n) is 15.2. The summed E-state index contributed by atoms with van der Waals surface area (Å²) in [5.74, 6) is 0.760. The quantitative estimate of drug-likeness (QED) is 0.515. The van der Waals surface area contributed by atoms with Gasteiger partial charge in [-0.15, -0.1) is 0 Å². The molecule has 3 aromatic rings. The van der Waals surface area contributed by atoms with Gasteiger partial charge in [-0.05, 0) is 50.1 Å². The first-order valence-electron chi connectivity index (χ1n) is 8.65. The first kappa shape index (κ1) is 18.7. The van der Waals surface area contributed by atoms with Crippen LogP contribution in [0.4, 0.5) is 5.69 Å². The molecule has 0 saturated heterocycles. The highest BCUT2D eigenvalue weighted by Crippen LogP contribution is 2.33. The van der Waals surface area contributed by atoms with Crippen LogP contribution in [0.2, 0.25) is 0 Å². The van der Waals surface area contributed by atoms with Crippen LogP contribution in [0.15, 0.2) is 63.6 Å². The Bertz CT molecular complexity index is 831. The molecule has 26 heavy (non-hydrogen) atoms. The molecule has 0 radical (unpaired) electrons. The van der Waals surface area contributed by atoms with Crippen LogP contribution in [-0.4, -0.2) is 18.3 Å².